The third kappa shape index (κ3) is 3.00. The van der Waals surface area contributed by atoms with E-state index in [2.05, 4.69) is 0 Å². The SMILES string of the molecule is F[C@@H]1C[C@H](COCc2ccccc2)O[C@@H]1F. The molecule has 1 aliphatic rings. The molecule has 0 unspecified atom stereocenters. The van der Waals surface area contributed by atoms with Gasteiger partial charge in [-0.1, -0.05) is 30.3 Å². The molecule has 3 atom stereocenters. The fourth-order valence-corrected chi connectivity index (χ4v) is 1.67. The van der Waals surface area contributed by atoms with Crippen LogP contribution in [0.2, 0.25) is 0 Å². The summed E-state index contributed by atoms with van der Waals surface area (Å²) < 4.78 is 35.5. The van der Waals surface area contributed by atoms with E-state index in [0.29, 0.717) is 6.61 Å². The number of halogens is 2. The van der Waals surface area contributed by atoms with Crippen LogP contribution in [-0.4, -0.2) is 25.2 Å². The fourth-order valence-electron chi connectivity index (χ4n) is 1.67. The van der Waals surface area contributed by atoms with E-state index in [1.165, 1.54) is 0 Å². The molecule has 1 saturated heterocycles. The molecule has 88 valence electrons. The second-order valence-corrected chi connectivity index (χ2v) is 3.86. The van der Waals surface area contributed by atoms with Crippen molar-refractivity contribution in [3.05, 3.63) is 35.9 Å². The second kappa shape index (κ2) is 5.37. The molecule has 1 aromatic carbocycles. The molecular weight excluding hydrogens is 214 g/mol. The molecule has 0 N–H and O–H groups in total. The Morgan fingerprint density at radius 2 is 2.00 bits per heavy atom. The van der Waals surface area contributed by atoms with Crippen molar-refractivity contribution in [3.8, 4) is 0 Å². The number of benzene rings is 1. The first kappa shape index (κ1) is 11.5. The van der Waals surface area contributed by atoms with Crippen LogP contribution in [-0.2, 0) is 16.1 Å². The van der Waals surface area contributed by atoms with Crippen molar-refractivity contribution >= 4 is 0 Å². The Balaban J connectivity index is 1.69. The monoisotopic (exact) mass is 228 g/mol. The Morgan fingerprint density at radius 1 is 1.25 bits per heavy atom. The molecule has 0 radical (unpaired) electrons. The minimum atomic E-state index is -1.79. The topological polar surface area (TPSA) is 18.5 Å². The predicted octanol–water partition coefficient (Wildman–Crippen LogP) is 2.63. The average Bonchev–Trinajstić information content (AvgIpc) is 2.60. The van der Waals surface area contributed by atoms with Crippen LogP contribution >= 0.6 is 0 Å². The zero-order valence-electron chi connectivity index (χ0n) is 8.81. The summed E-state index contributed by atoms with van der Waals surface area (Å²) in [6.45, 7) is 0.671. The molecule has 0 spiro atoms. The number of ether oxygens (including phenoxy) is 2. The molecule has 1 fully saturated rings. The number of rotatable bonds is 4. The maximum atomic E-state index is 12.8. The van der Waals surface area contributed by atoms with Crippen LogP contribution in [0, 0.1) is 0 Å². The van der Waals surface area contributed by atoms with Crippen molar-refractivity contribution in [1.29, 1.82) is 0 Å². The summed E-state index contributed by atoms with van der Waals surface area (Å²) in [4.78, 5) is 0. The minimum absolute atomic E-state index is 0.0793. The van der Waals surface area contributed by atoms with Crippen molar-refractivity contribution in [2.75, 3.05) is 6.61 Å². The van der Waals surface area contributed by atoms with Crippen LogP contribution in [0.3, 0.4) is 0 Å². The zero-order valence-corrected chi connectivity index (χ0v) is 8.81. The van der Waals surface area contributed by atoms with Crippen LogP contribution in [0.1, 0.15) is 12.0 Å². The van der Waals surface area contributed by atoms with Gasteiger partial charge in [-0.15, -0.1) is 0 Å². The molecule has 1 aliphatic heterocycles. The number of hydrogen-bond donors (Lipinski definition) is 0. The van der Waals surface area contributed by atoms with Gasteiger partial charge >= 0.3 is 0 Å². The smallest absolute Gasteiger partial charge is 0.230 e. The molecule has 16 heavy (non-hydrogen) atoms. The standard InChI is InChI=1S/C12H14F2O2/c13-11-6-10(16-12(11)14)8-15-7-9-4-2-1-3-5-9/h1-5,10-12H,6-8H2/t10-,11-,12+/m1/s1. The highest BCUT2D eigenvalue weighted by molar-refractivity contribution is 5.13. The predicted molar refractivity (Wildman–Crippen MR) is 55.4 cm³/mol. The largest absolute Gasteiger partial charge is 0.374 e. The van der Waals surface area contributed by atoms with Crippen LogP contribution in [0.5, 0.6) is 0 Å². The maximum absolute atomic E-state index is 12.8. The molecule has 0 saturated carbocycles. The molecule has 0 aromatic heterocycles. The summed E-state index contributed by atoms with van der Waals surface area (Å²) in [5.74, 6) is 0. The van der Waals surface area contributed by atoms with Gasteiger partial charge < -0.3 is 9.47 Å². The van der Waals surface area contributed by atoms with Gasteiger partial charge in [0.05, 0.1) is 19.3 Å². The highest BCUT2D eigenvalue weighted by Crippen LogP contribution is 2.24. The molecule has 1 aromatic rings. The van der Waals surface area contributed by atoms with E-state index in [0.717, 1.165) is 5.56 Å². The summed E-state index contributed by atoms with van der Waals surface area (Å²) in [5.41, 5.74) is 1.04. The van der Waals surface area contributed by atoms with Gasteiger partial charge in [-0.25, -0.2) is 8.78 Å². The average molecular weight is 228 g/mol. The third-order valence-electron chi connectivity index (χ3n) is 2.51. The van der Waals surface area contributed by atoms with E-state index in [1.54, 1.807) is 0 Å². The first-order valence-electron chi connectivity index (χ1n) is 5.31. The lowest BCUT2D eigenvalue weighted by Gasteiger charge is -2.09. The third-order valence-corrected chi connectivity index (χ3v) is 2.51. The van der Waals surface area contributed by atoms with E-state index in [1.807, 2.05) is 30.3 Å². The van der Waals surface area contributed by atoms with Crippen molar-refractivity contribution in [2.45, 2.75) is 31.7 Å². The Hall–Kier alpha value is -1.00. The van der Waals surface area contributed by atoms with E-state index < -0.39 is 18.6 Å². The van der Waals surface area contributed by atoms with Crippen molar-refractivity contribution in [2.24, 2.45) is 0 Å². The van der Waals surface area contributed by atoms with Crippen LogP contribution in [0.4, 0.5) is 8.78 Å². The van der Waals surface area contributed by atoms with Crippen LogP contribution < -0.4 is 0 Å². The Kier molecular flexibility index (Phi) is 3.85. The van der Waals surface area contributed by atoms with Gasteiger partial charge in [0.1, 0.15) is 0 Å². The van der Waals surface area contributed by atoms with Crippen molar-refractivity contribution < 1.29 is 18.3 Å². The molecule has 0 amide bonds. The molecule has 4 heteroatoms. The maximum Gasteiger partial charge on any atom is 0.230 e. The molecule has 0 bridgehead atoms. The van der Waals surface area contributed by atoms with Crippen LogP contribution in [0.25, 0.3) is 0 Å². The van der Waals surface area contributed by atoms with Gasteiger partial charge in [-0.2, -0.15) is 0 Å². The molecular formula is C12H14F2O2. The fraction of sp³-hybridized carbons (Fsp3) is 0.500. The van der Waals surface area contributed by atoms with E-state index >= 15 is 0 Å². The lowest BCUT2D eigenvalue weighted by molar-refractivity contribution is -0.0798. The Labute approximate surface area is 93.2 Å². The normalized spacial score (nSPS) is 29.5. The van der Waals surface area contributed by atoms with Crippen molar-refractivity contribution in [1.82, 2.24) is 0 Å². The number of hydrogen-bond acceptors (Lipinski definition) is 2. The highest BCUT2D eigenvalue weighted by Gasteiger charge is 2.35. The lowest BCUT2D eigenvalue weighted by Crippen LogP contribution is -2.15. The number of alkyl halides is 2. The van der Waals surface area contributed by atoms with Gasteiger partial charge in [0.25, 0.3) is 0 Å². The Bertz CT molecular complexity index is 308. The lowest BCUT2D eigenvalue weighted by atomic mass is 10.2. The van der Waals surface area contributed by atoms with E-state index in [4.69, 9.17) is 9.47 Å². The van der Waals surface area contributed by atoms with Gasteiger partial charge in [-0.3, -0.25) is 0 Å². The molecule has 0 aliphatic carbocycles. The second-order valence-electron chi connectivity index (χ2n) is 3.86. The molecule has 2 rings (SSSR count). The molecule has 2 nitrogen and oxygen atoms in total. The van der Waals surface area contributed by atoms with Gasteiger partial charge in [-0.05, 0) is 5.56 Å². The van der Waals surface area contributed by atoms with Gasteiger partial charge in [0.15, 0.2) is 6.17 Å². The summed E-state index contributed by atoms with van der Waals surface area (Å²) in [6.07, 6.45) is -3.68. The quantitative estimate of drug-likeness (QED) is 0.788. The molecule has 1 heterocycles. The Morgan fingerprint density at radius 3 is 2.62 bits per heavy atom. The van der Waals surface area contributed by atoms with Gasteiger partial charge in [0.2, 0.25) is 6.36 Å². The van der Waals surface area contributed by atoms with Gasteiger partial charge in [0, 0.05) is 6.42 Å². The van der Waals surface area contributed by atoms with E-state index in [9.17, 15) is 8.78 Å². The zero-order chi connectivity index (χ0) is 11.4. The first-order chi connectivity index (χ1) is 7.75. The summed E-state index contributed by atoms with van der Waals surface area (Å²) in [7, 11) is 0. The summed E-state index contributed by atoms with van der Waals surface area (Å²) in [5, 5.41) is 0. The minimum Gasteiger partial charge on any atom is -0.374 e. The highest BCUT2D eigenvalue weighted by atomic mass is 19.2. The van der Waals surface area contributed by atoms with Crippen LogP contribution in [0.15, 0.2) is 30.3 Å². The first-order valence-corrected chi connectivity index (χ1v) is 5.31. The van der Waals surface area contributed by atoms with E-state index in [-0.39, 0.29) is 13.0 Å². The summed E-state index contributed by atoms with van der Waals surface area (Å²) in [6, 6.07) is 9.63. The van der Waals surface area contributed by atoms with Crippen molar-refractivity contribution in [3.63, 3.8) is 0 Å². The summed E-state index contributed by atoms with van der Waals surface area (Å²) >= 11 is 0.